The van der Waals surface area contributed by atoms with Crippen molar-refractivity contribution in [1.29, 1.82) is 0 Å². The molecule has 1 fully saturated rings. The van der Waals surface area contributed by atoms with E-state index in [1.54, 1.807) is 0 Å². The van der Waals surface area contributed by atoms with Gasteiger partial charge in [-0.1, -0.05) is 19.9 Å². The highest BCUT2D eigenvalue weighted by molar-refractivity contribution is 5.77. The van der Waals surface area contributed by atoms with Crippen molar-refractivity contribution in [2.45, 2.75) is 39.2 Å². The fourth-order valence-corrected chi connectivity index (χ4v) is 3.15. The lowest BCUT2D eigenvalue weighted by atomic mass is 10.0. The third-order valence-corrected chi connectivity index (χ3v) is 4.11. The molecule has 0 bridgehead atoms. The molecule has 4 nitrogen and oxygen atoms in total. The second-order valence-electron chi connectivity index (χ2n) is 6.25. The molecule has 4 heteroatoms. The Hall–Kier alpha value is -1.71. The van der Waals surface area contributed by atoms with Crippen LogP contribution in [0.5, 0.6) is 11.5 Å². The Morgan fingerprint density at radius 3 is 2.81 bits per heavy atom. The number of benzene rings is 1. The number of ether oxygens (including phenoxy) is 2. The molecule has 0 N–H and O–H groups in total. The molecule has 1 unspecified atom stereocenters. The molecule has 2 heterocycles. The Morgan fingerprint density at radius 2 is 2.05 bits per heavy atom. The first-order chi connectivity index (χ1) is 10.1. The summed E-state index contributed by atoms with van der Waals surface area (Å²) in [6, 6.07) is 6.26. The van der Waals surface area contributed by atoms with Crippen LogP contribution in [0.2, 0.25) is 0 Å². The number of likely N-dealkylation sites (tertiary alicyclic amines) is 1. The maximum atomic E-state index is 12.4. The number of carbonyl (C=O) groups excluding carboxylic acids is 1. The molecule has 1 saturated heterocycles. The molecule has 1 aromatic carbocycles. The average molecular weight is 289 g/mol. The van der Waals surface area contributed by atoms with Gasteiger partial charge in [-0.25, -0.2) is 0 Å². The molecule has 0 saturated carbocycles. The summed E-state index contributed by atoms with van der Waals surface area (Å²) in [5.74, 6) is 2.28. The number of hydrogen-bond acceptors (Lipinski definition) is 3. The Kier molecular flexibility index (Phi) is 4.04. The van der Waals surface area contributed by atoms with Crippen LogP contribution in [0, 0.1) is 5.92 Å². The first kappa shape index (κ1) is 14.2. The van der Waals surface area contributed by atoms with Crippen molar-refractivity contribution < 1.29 is 14.3 Å². The van der Waals surface area contributed by atoms with Gasteiger partial charge < -0.3 is 14.4 Å². The van der Waals surface area contributed by atoms with Crippen molar-refractivity contribution in [1.82, 2.24) is 4.90 Å². The molecule has 21 heavy (non-hydrogen) atoms. The summed E-state index contributed by atoms with van der Waals surface area (Å²) < 4.78 is 11.2. The van der Waals surface area contributed by atoms with Gasteiger partial charge in [0.25, 0.3) is 0 Å². The fraction of sp³-hybridized carbons (Fsp3) is 0.588. The molecule has 2 aliphatic rings. The molecule has 0 spiro atoms. The number of fused-ring (bicyclic) bond motifs is 1. The van der Waals surface area contributed by atoms with Gasteiger partial charge >= 0.3 is 0 Å². The molecule has 1 atom stereocenters. The van der Waals surface area contributed by atoms with Crippen LogP contribution in [-0.4, -0.2) is 30.6 Å². The van der Waals surface area contributed by atoms with Gasteiger partial charge in [0, 0.05) is 13.0 Å². The average Bonchev–Trinajstić information content (AvgIpc) is 2.95. The second-order valence-corrected chi connectivity index (χ2v) is 6.25. The first-order valence-electron chi connectivity index (χ1n) is 7.84. The molecule has 3 rings (SSSR count). The van der Waals surface area contributed by atoms with E-state index in [2.05, 4.69) is 19.9 Å². The summed E-state index contributed by atoms with van der Waals surface area (Å²) >= 11 is 0. The minimum atomic E-state index is 0.187. The molecule has 2 aliphatic heterocycles. The molecule has 0 radical (unpaired) electrons. The largest absolute Gasteiger partial charge is 0.486 e. The zero-order valence-electron chi connectivity index (χ0n) is 12.8. The second kappa shape index (κ2) is 5.96. The van der Waals surface area contributed by atoms with Gasteiger partial charge in [-0.05, 0) is 36.5 Å². The van der Waals surface area contributed by atoms with Gasteiger partial charge in [0.05, 0.1) is 6.04 Å². The van der Waals surface area contributed by atoms with Gasteiger partial charge in [0.15, 0.2) is 11.5 Å². The van der Waals surface area contributed by atoms with Crippen LogP contribution < -0.4 is 9.47 Å². The van der Waals surface area contributed by atoms with Crippen LogP contribution in [0.1, 0.15) is 44.7 Å². The number of carbonyl (C=O) groups is 1. The lowest BCUT2D eigenvalue weighted by Crippen LogP contribution is -2.31. The predicted octanol–water partition coefficient (Wildman–Crippen LogP) is 3.17. The minimum Gasteiger partial charge on any atom is -0.486 e. The van der Waals surface area contributed by atoms with Gasteiger partial charge in [-0.3, -0.25) is 4.79 Å². The highest BCUT2D eigenvalue weighted by atomic mass is 16.6. The van der Waals surface area contributed by atoms with Crippen molar-refractivity contribution >= 4 is 5.91 Å². The van der Waals surface area contributed by atoms with Crippen molar-refractivity contribution in [2.75, 3.05) is 19.8 Å². The summed E-state index contributed by atoms with van der Waals surface area (Å²) in [4.78, 5) is 14.4. The summed E-state index contributed by atoms with van der Waals surface area (Å²) in [5, 5.41) is 0. The van der Waals surface area contributed by atoms with E-state index in [0.29, 0.717) is 25.6 Å². The normalized spacial score (nSPS) is 20.9. The summed E-state index contributed by atoms with van der Waals surface area (Å²) in [5.41, 5.74) is 1.16. The van der Waals surface area contributed by atoms with E-state index in [4.69, 9.17) is 9.47 Å². The zero-order chi connectivity index (χ0) is 14.8. The highest BCUT2D eigenvalue weighted by Crippen LogP contribution is 2.38. The molecular weight excluding hydrogens is 266 g/mol. The molecule has 1 aromatic rings. The van der Waals surface area contributed by atoms with E-state index in [-0.39, 0.29) is 11.9 Å². The zero-order valence-corrected chi connectivity index (χ0v) is 12.8. The van der Waals surface area contributed by atoms with Crippen molar-refractivity contribution in [3.05, 3.63) is 23.8 Å². The van der Waals surface area contributed by atoms with Crippen LogP contribution in [0.25, 0.3) is 0 Å². The Labute approximate surface area is 126 Å². The molecular formula is C17H23NO3. The number of rotatable bonds is 3. The monoisotopic (exact) mass is 289 g/mol. The van der Waals surface area contributed by atoms with Crippen molar-refractivity contribution in [3.8, 4) is 11.5 Å². The maximum absolute atomic E-state index is 12.4. The van der Waals surface area contributed by atoms with E-state index in [0.717, 1.165) is 36.4 Å². The quantitative estimate of drug-likeness (QED) is 0.858. The third kappa shape index (κ3) is 2.99. The molecule has 114 valence electrons. The van der Waals surface area contributed by atoms with E-state index >= 15 is 0 Å². The topological polar surface area (TPSA) is 38.8 Å². The van der Waals surface area contributed by atoms with Gasteiger partial charge in [0.2, 0.25) is 5.91 Å². The van der Waals surface area contributed by atoms with Crippen LogP contribution >= 0.6 is 0 Å². The molecule has 0 aromatic heterocycles. The van der Waals surface area contributed by atoms with Gasteiger partial charge in [-0.15, -0.1) is 0 Å². The number of hydrogen-bond donors (Lipinski definition) is 0. The summed E-state index contributed by atoms with van der Waals surface area (Å²) in [6.07, 6.45) is 2.73. The standard InChI is InChI=1S/C17H23NO3/c1-12(2)10-17(19)18-7-3-4-14(18)13-5-6-15-16(11-13)21-9-8-20-15/h5-6,11-12,14H,3-4,7-10H2,1-2H3. The molecule has 1 amide bonds. The summed E-state index contributed by atoms with van der Waals surface area (Å²) in [6.45, 7) is 6.25. The van der Waals surface area contributed by atoms with Crippen molar-refractivity contribution in [2.24, 2.45) is 5.92 Å². The van der Waals surface area contributed by atoms with E-state index in [1.807, 2.05) is 17.0 Å². The number of nitrogens with zero attached hydrogens (tertiary/aromatic N) is 1. The van der Waals surface area contributed by atoms with Crippen LogP contribution in [0.3, 0.4) is 0 Å². The number of amides is 1. The van der Waals surface area contributed by atoms with E-state index < -0.39 is 0 Å². The lowest BCUT2D eigenvalue weighted by molar-refractivity contribution is -0.132. The van der Waals surface area contributed by atoms with Crippen LogP contribution in [-0.2, 0) is 4.79 Å². The van der Waals surface area contributed by atoms with Crippen LogP contribution in [0.4, 0.5) is 0 Å². The highest BCUT2D eigenvalue weighted by Gasteiger charge is 2.30. The van der Waals surface area contributed by atoms with Crippen molar-refractivity contribution in [3.63, 3.8) is 0 Å². The fourth-order valence-electron chi connectivity index (χ4n) is 3.15. The minimum absolute atomic E-state index is 0.187. The lowest BCUT2D eigenvalue weighted by Gasteiger charge is -2.27. The van der Waals surface area contributed by atoms with E-state index in [1.165, 1.54) is 0 Å². The van der Waals surface area contributed by atoms with Gasteiger partial charge in [-0.2, -0.15) is 0 Å². The Balaban J connectivity index is 1.80. The summed E-state index contributed by atoms with van der Waals surface area (Å²) in [7, 11) is 0. The SMILES string of the molecule is CC(C)CC(=O)N1CCCC1c1ccc2c(c1)OCCO2. The third-order valence-electron chi connectivity index (χ3n) is 4.11. The maximum Gasteiger partial charge on any atom is 0.223 e. The Morgan fingerprint density at radius 1 is 1.29 bits per heavy atom. The van der Waals surface area contributed by atoms with Gasteiger partial charge in [0.1, 0.15) is 13.2 Å². The van der Waals surface area contributed by atoms with E-state index in [9.17, 15) is 4.79 Å². The first-order valence-corrected chi connectivity index (χ1v) is 7.84. The predicted molar refractivity (Wildman–Crippen MR) is 80.6 cm³/mol. The van der Waals surface area contributed by atoms with Crippen LogP contribution in [0.15, 0.2) is 18.2 Å². The Bertz CT molecular complexity index is 527. The molecule has 0 aliphatic carbocycles. The smallest absolute Gasteiger partial charge is 0.223 e.